The van der Waals surface area contributed by atoms with Crippen LogP contribution in [0.1, 0.15) is 6.92 Å². The second-order valence-corrected chi connectivity index (χ2v) is 3.55. The molecule has 17 heavy (non-hydrogen) atoms. The number of aliphatic hydroxyl groups is 1. The van der Waals surface area contributed by atoms with Crippen LogP contribution in [-0.4, -0.2) is 42.2 Å². The summed E-state index contributed by atoms with van der Waals surface area (Å²) in [6, 6.07) is 6.85. The number of anilines is 1. The van der Waals surface area contributed by atoms with E-state index in [-0.39, 0.29) is 19.1 Å². The number of hydrogen-bond acceptors (Lipinski definition) is 4. The van der Waals surface area contributed by atoms with Gasteiger partial charge in [0.15, 0.2) is 6.61 Å². The molecule has 0 atom stereocenters. The largest absolute Gasteiger partial charge is 0.484 e. The third kappa shape index (κ3) is 4.32. The molecule has 1 aromatic rings. The molecular formula is C12H18N2O3. The molecule has 94 valence electrons. The topological polar surface area (TPSA) is 75.8 Å². The first-order valence-corrected chi connectivity index (χ1v) is 5.54. The highest BCUT2D eigenvalue weighted by atomic mass is 16.5. The van der Waals surface area contributed by atoms with Crippen LogP contribution in [0.4, 0.5) is 5.69 Å². The molecule has 0 aliphatic carbocycles. The minimum atomic E-state index is -0.140. The van der Waals surface area contributed by atoms with E-state index in [0.29, 0.717) is 24.5 Å². The molecule has 0 spiro atoms. The fraction of sp³-hybridized carbons (Fsp3) is 0.417. The Bertz CT molecular complexity index is 351. The standard InChI is InChI=1S/C12H18N2O3/c1-2-14(7-8-15)12(16)9-17-11-5-3-10(13)4-6-11/h3-6,15H,2,7-9,13H2,1H3. The van der Waals surface area contributed by atoms with Gasteiger partial charge in [0.2, 0.25) is 0 Å². The monoisotopic (exact) mass is 238 g/mol. The van der Waals surface area contributed by atoms with Gasteiger partial charge in [-0.1, -0.05) is 0 Å². The summed E-state index contributed by atoms with van der Waals surface area (Å²) in [5.74, 6) is 0.464. The number of benzene rings is 1. The van der Waals surface area contributed by atoms with E-state index in [2.05, 4.69) is 0 Å². The van der Waals surface area contributed by atoms with Crippen molar-refractivity contribution in [2.24, 2.45) is 0 Å². The molecule has 0 aliphatic rings. The molecular weight excluding hydrogens is 220 g/mol. The SMILES string of the molecule is CCN(CCO)C(=O)COc1ccc(N)cc1. The molecule has 0 radical (unpaired) electrons. The lowest BCUT2D eigenvalue weighted by Crippen LogP contribution is -2.36. The third-order valence-corrected chi connectivity index (χ3v) is 2.35. The fourth-order valence-corrected chi connectivity index (χ4v) is 1.38. The molecule has 0 fully saturated rings. The van der Waals surface area contributed by atoms with Gasteiger partial charge in [-0.3, -0.25) is 4.79 Å². The lowest BCUT2D eigenvalue weighted by Gasteiger charge is -2.19. The zero-order valence-corrected chi connectivity index (χ0v) is 9.93. The summed E-state index contributed by atoms with van der Waals surface area (Å²) in [6.07, 6.45) is 0. The van der Waals surface area contributed by atoms with E-state index >= 15 is 0 Å². The van der Waals surface area contributed by atoms with Gasteiger partial charge >= 0.3 is 0 Å². The molecule has 0 unspecified atom stereocenters. The summed E-state index contributed by atoms with van der Waals surface area (Å²) in [4.78, 5) is 13.2. The molecule has 0 bridgehead atoms. The highest BCUT2D eigenvalue weighted by Crippen LogP contribution is 2.12. The number of likely N-dealkylation sites (N-methyl/N-ethyl adjacent to an activating group) is 1. The van der Waals surface area contributed by atoms with E-state index in [0.717, 1.165) is 0 Å². The number of nitrogen functional groups attached to an aromatic ring is 1. The lowest BCUT2D eigenvalue weighted by atomic mass is 10.3. The minimum Gasteiger partial charge on any atom is -0.484 e. The van der Waals surface area contributed by atoms with Gasteiger partial charge in [-0.15, -0.1) is 0 Å². The number of nitrogens with two attached hydrogens (primary N) is 1. The first-order valence-electron chi connectivity index (χ1n) is 5.54. The average Bonchev–Trinajstić information content (AvgIpc) is 2.35. The predicted octanol–water partition coefficient (Wildman–Crippen LogP) is 0.488. The first-order chi connectivity index (χ1) is 8.17. The maximum atomic E-state index is 11.7. The van der Waals surface area contributed by atoms with Gasteiger partial charge < -0.3 is 20.5 Å². The summed E-state index contributed by atoms with van der Waals surface area (Å²) in [6.45, 7) is 2.68. The molecule has 1 aromatic carbocycles. The first kappa shape index (κ1) is 13.3. The molecule has 0 saturated heterocycles. The average molecular weight is 238 g/mol. The van der Waals surface area contributed by atoms with Crippen LogP contribution in [0.25, 0.3) is 0 Å². The van der Waals surface area contributed by atoms with E-state index in [9.17, 15) is 4.79 Å². The summed E-state index contributed by atoms with van der Waals surface area (Å²) in [5, 5.41) is 8.78. The summed E-state index contributed by atoms with van der Waals surface area (Å²) >= 11 is 0. The normalized spacial score (nSPS) is 10.0. The van der Waals surface area contributed by atoms with Gasteiger partial charge in [0.05, 0.1) is 6.61 Å². The van der Waals surface area contributed by atoms with Crippen LogP contribution in [0, 0.1) is 0 Å². The van der Waals surface area contributed by atoms with Gasteiger partial charge in [0, 0.05) is 18.8 Å². The Morgan fingerprint density at radius 3 is 2.59 bits per heavy atom. The highest BCUT2D eigenvalue weighted by Gasteiger charge is 2.11. The van der Waals surface area contributed by atoms with Crippen LogP contribution in [-0.2, 0) is 4.79 Å². The van der Waals surface area contributed by atoms with Crippen molar-refractivity contribution in [1.29, 1.82) is 0 Å². The number of nitrogens with zero attached hydrogens (tertiary/aromatic N) is 1. The molecule has 1 rings (SSSR count). The number of amides is 1. The van der Waals surface area contributed by atoms with Gasteiger partial charge in [0.1, 0.15) is 5.75 Å². The third-order valence-electron chi connectivity index (χ3n) is 2.35. The Morgan fingerprint density at radius 1 is 1.41 bits per heavy atom. The second-order valence-electron chi connectivity index (χ2n) is 3.55. The van der Waals surface area contributed by atoms with Crippen molar-refractivity contribution in [3.8, 4) is 5.75 Å². The van der Waals surface area contributed by atoms with Crippen LogP contribution in [0.5, 0.6) is 5.75 Å². The Kier molecular flexibility index (Phi) is 5.29. The molecule has 0 aromatic heterocycles. The van der Waals surface area contributed by atoms with Crippen molar-refractivity contribution in [3.63, 3.8) is 0 Å². The van der Waals surface area contributed by atoms with Crippen molar-refractivity contribution in [2.75, 3.05) is 32.0 Å². The van der Waals surface area contributed by atoms with E-state index in [1.807, 2.05) is 6.92 Å². The lowest BCUT2D eigenvalue weighted by molar-refractivity contribution is -0.133. The van der Waals surface area contributed by atoms with Crippen LogP contribution in [0.2, 0.25) is 0 Å². The van der Waals surface area contributed by atoms with Crippen LogP contribution in [0.3, 0.4) is 0 Å². The van der Waals surface area contributed by atoms with E-state index in [4.69, 9.17) is 15.6 Å². The van der Waals surface area contributed by atoms with Crippen LogP contribution < -0.4 is 10.5 Å². The molecule has 5 heteroatoms. The summed E-state index contributed by atoms with van der Waals surface area (Å²) < 4.78 is 5.32. The molecule has 0 aliphatic heterocycles. The van der Waals surface area contributed by atoms with Crippen LogP contribution >= 0.6 is 0 Å². The van der Waals surface area contributed by atoms with Gasteiger partial charge in [-0.05, 0) is 31.2 Å². The molecule has 5 nitrogen and oxygen atoms in total. The van der Waals surface area contributed by atoms with E-state index in [1.54, 1.807) is 24.3 Å². The summed E-state index contributed by atoms with van der Waals surface area (Å²) in [7, 11) is 0. The fourth-order valence-electron chi connectivity index (χ4n) is 1.38. The summed E-state index contributed by atoms with van der Waals surface area (Å²) in [5.41, 5.74) is 6.19. The van der Waals surface area contributed by atoms with E-state index in [1.165, 1.54) is 4.90 Å². The quantitative estimate of drug-likeness (QED) is 0.707. The number of carbonyl (C=O) groups is 1. The van der Waals surface area contributed by atoms with Gasteiger partial charge in [-0.2, -0.15) is 0 Å². The maximum absolute atomic E-state index is 11.7. The Balaban J connectivity index is 2.44. The van der Waals surface area contributed by atoms with Crippen molar-refractivity contribution < 1.29 is 14.6 Å². The number of ether oxygens (including phenoxy) is 1. The van der Waals surface area contributed by atoms with Crippen molar-refractivity contribution in [1.82, 2.24) is 4.90 Å². The van der Waals surface area contributed by atoms with Gasteiger partial charge in [-0.25, -0.2) is 0 Å². The van der Waals surface area contributed by atoms with Gasteiger partial charge in [0.25, 0.3) is 5.91 Å². The molecule has 0 heterocycles. The number of carbonyl (C=O) groups excluding carboxylic acids is 1. The van der Waals surface area contributed by atoms with Crippen molar-refractivity contribution in [2.45, 2.75) is 6.92 Å². The number of rotatable bonds is 6. The molecule has 3 N–H and O–H groups in total. The Hall–Kier alpha value is -1.75. The Labute approximate surface area is 101 Å². The Morgan fingerprint density at radius 2 is 2.06 bits per heavy atom. The number of hydrogen-bond donors (Lipinski definition) is 2. The zero-order chi connectivity index (χ0) is 12.7. The smallest absolute Gasteiger partial charge is 0.260 e. The number of aliphatic hydroxyl groups excluding tert-OH is 1. The zero-order valence-electron chi connectivity index (χ0n) is 9.93. The second kappa shape index (κ2) is 6.75. The van der Waals surface area contributed by atoms with Crippen LogP contribution in [0.15, 0.2) is 24.3 Å². The minimum absolute atomic E-state index is 0.0300. The van der Waals surface area contributed by atoms with Crippen molar-refractivity contribution >= 4 is 11.6 Å². The van der Waals surface area contributed by atoms with E-state index < -0.39 is 0 Å². The molecule has 1 amide bonds. The molecule has 0 saturated carbocycles. The predicted molar refractivity (Wildman–Crippen MR) is 65.7 cm³/mol. The maximum Gasteiger partial charge on any atom is 0.260 e. The highest BCUT2D eigenvalue weighted by molar-refractivity contribution is 5.77. The van der Waals surface area contributed by atoms with Crippen molar-refractivity contribution in [3.05, 3.63) is 24.3 Å².